The number of nitrogens with zero attached hydrogens (tertiary/aromatic N) is 2. The van der Waals surface area contributed by atoms with Crippen molar-refractivity contribution in [1.82, 2.24) is 19.9 Å². The van der Waals surface area contributed by atoms with Gasteiger partial charge in [-0.05, 0) is 107 Å². The standard InChI is InChI=1S/C42H50N4O4/c1-11-24-21(7)31-19-34-28(13-3)41(10)29(39(47)49-15-5)17-27(37(41)45-34)36-25(12-2)22(8)35(46-36)26-18-30(40(48)50-16-6)42(14-4)23(9)32(44-38(26)42)20-33(24)43-31/h17-20,23,28,43,46H,11-16H2,1-10H3/t23-,28-,41-,42-/m0/s1. The first-order valence-electron chi connectivity index (χ1n) is 18.5. The van der Waals surface area contributed by atoms with Gasteiger partial charge in [-0.1, -0.05) is 34.6 Å². The van der Waals surface area contributed by atoms with Crippen LogP contribution in [0.25, 0.3) is 34.2 Å². The zero-order valence-electron chi connectivity index (χ0n) is 31.2. The maximum atomic E-state index is 13.8. The highest BCUT2D eigenvalue weighted by molar-refractivity contribution is 6.04. The summed E-state index contributed by atoms with van der Waals surface area (Å²) in [5.74, 6) is -0.680. The number of carbonyl (C=O) groups excluding carboxylic acids is 2. The molecule has 8 heteroatoms. The number of carbonyl (C=O) groups is 2. The van der Waals surface area contributed by atoms with Crippen LogP contribution in [-0.4, -0.2) is 45.1 Å². The maximum Gasteiger partial charge on any atom is 0.335 e. The number of aromatic amines is 2. The van der Waals surface area contributed by atoms with Gasteiger partial charge in [0.2, 0.25) is 0 Å². The van der Waals surface area contributed by atoms with E-state index in [-0.39, 0.29) is 23.8 Å². The molecule has 0 unspecified atom stereocenters. The zero-order valence-corrected chi connectivity index (χ0v) is 31.2. The highest BCUT2D eigenvalue weighted by Crippen LogP contribution is 2.58. The quantitative estimate of drug-likeness (QED) is 0.231. The minimum Gasteiger partial charge on any atom is -0.463 e. The topological polar surface area (TPSA) is 110 Å². The molecule has 0 spiro atoms. The lowest BCUT2D eigenvalue weighted by molar-refractivity contribution is -0.140. The SMILES string of the molecule is CCOC(=O)C1=Cc2c3nc(cc4[nH]c(cc5nc6c(c7[nH]c2c(CC)c7C)C=C(C(=O)OCC)[C@]6(CC)[C@H]5C)c(CC)c4C)[C@H](CC)[C@@]13C. The van der Waals surface area contributed by atoms with Gasteiger partial charge in [0.05, 0.1) is 57.6 Å². The fourth-order valence-electron chi connectivity index (χ4n) is 9.74. The molecule has 3 aromatic heterocycles. The molecule has 0 fully saturated rings. The van der Waals surface area contributed by atoms with Gasteiger partial charge in [0.15, 0.2) is 0 Å². The number of rotatable bonds is 8. The van der Waals surface area contributed by atoms with E-state index in [1.54, 1.807) is 0 Å². The Morgan fingerprint density at radius 2 is 1.36 bits per heavy atom. The second-order valence-corrected chi connectivity index (χ2v) is 14.4. The highest BCUT2D eigenvalue weighted by Gasteiger charge is 2.54. The van der Waals surface area contributed by atoms with Crippen molar-refractivity contribution in [3.63, 3.8) is 0 Å². The fourth-order valence-corrected chi connectivity index (χ4v) is 9.74. The van der Waals surface area contributed by atoms with Gasteiger partial charge in [-0.25, -0.2) is 9.59 Å². The lowest BCUT2D eigenvalue weighted by Crippen LogP contribution is -2.33. The number of aryl methyl sites for hydroxylation is 4. The predicted octanol–water partition coefficient (Wildman–Crippen LogP) is 8.88. The van der Waals surface area contributed by atoms with Crippen molar-refractivity contribution in [2.75, 3.05) is 13.2 Å². The molecular formula is C42H50N4O4. The van der Waals surface area contributed by atoms with Crippen LogP contribution in [0.4, 0.5) is 0 Å². The molecular weight excluding hydrogens is 624 g/mol. The summed E-state index contributed by atoms with van der Waals surface area (Å²) in [5, 5.41) is 0. The van der Waals surface area contributed by atoms with Crippen molar-refractivity contribution >= 4 is 46.2 Å². The Morgan fingerprint density at radius 3 is 1.98 bits per heavy atom. The molecule has 0 aromatic carbocycles. The molecule has 4 aliphatic rings. The van der Waals surface area contributed by atoms with Crippen LogP contribution < -0.4 is 0 Å². The largest absolute Gasteiger partial charge is 0.463 e. The number of aromatic nitrogens is 4. The van der Waals surface area contributed by atoms with E-state index >= 15 is 0 Å². The molecule has 2 aliphatic heterocycles. The molecule has 5 heterocycles. The molecule has 8 nitrogen and oxygen atoms in total. The molecule has 2 aliphatic carbocycles. The first-order chi connectivity index (χ1) is 24.0. The van der Waals surface area contributed by atoms with Crippen molar-refractivity contribution in [2.45, 2.75) is 118 Å². The Labute approximate surface area is 294 Å². The zero-order chi connectivity index (χ0) is 35.9. The van der Waals surface area contributed by atoms with Crippen LogP contribution in [0.3, 0.4) is 0 Å². The van der Waals surface area contributed by atoms with E-state index in [0.717, 1.165) is 86.4 Å². The predicted molar refractivity (Wildman–Crippen MR) is 199 cm³/mol. The average Bonchev–Trinajstić information content (AvgIpc) is 3.88. The van der Waals surface area contributed by atoms with Crippen LogP contribution in [0.15, 0.2) is 23.3 Å². The summed E-state index contributed by atoms with van der Waals surface area (Å²) in [4.78, 5) is 46.1. The Kier molecular flexibility index (Phi) is 8.23. The Bertz CT molecular complexity index is 2200. The van der Waals surface area contributed by atoms with E-state index in [0.29, 0.717) is 30.8 Å². The van der Waals surface area contributed by atoms with E-state index in [1.165, 1.54) is 11.1 Å². The van der Waals surface area contributed by atoms with Gasteiger partial charge in [0.25, 0.3) is 0 Å². The van der Waals surface area contributed by atoms with Gasteiger partial charge < -0.3 is 19.4 Å². The van der Waals surface area contributed by atoms with Gasteiger partial charge in [0, 0.05) is 45.4 Å². The van der Waals surface area contributed by atoms with E-state index < -0.39 is 10.8 Å². The Morgan fingerprint density at radius 1 is 0.760 bits per heavy atom. The van der Waals surface area contributed by atoms with Crippen LogP contribution in [0.2, 0.25) is 0 Å². The van der Waals surface area contributed by atoms with Crippen molar-refractivity contribution < 1.29 is 19.1 Å². The number of hydrogen-bond acceptors (Lipinski definition) is 6. The van der Waals surface area contributed by atoms with E-state index in [9.17, 15) is 9.59 Å². The van der Waals surface area contributed by atoms with Crippen molar-refractivity contribution in [2.24, 2.45) is 0 Å². The molecule has 7 rings (SSSR count). The molecule has 50 heavy (non-hydrogen) atoms. The summed E-state index contributed by atoms with van der Waals surface area (Å²) in [6, 6.07) is 4.39. The number of esters is 2. The second-order valence-electron chi connectivity index (χ2n) is 14.4. The number of H-pyrrole nitrogens is 2. The highest BCUT2D eigenvalue weighted by atomic mass is 16.5. The lowest BCUT2D eigenvalue weighted by atomic mass is 9.69. The van der Waals surface area contributed by atoms with E-state index in [2.05, 4.69) is 77.5 Å². The molecule has 4 atom stereocenters. The number of ether oxygens (including phenoxy) is 2. The summed E-state index contributed by atoms with van der Waals surface area (Å²) < 4.78 is 11.4. The van der Waals surface area contributed by atoms with Gasteiger partial charge >= 0.3 is 11.9 Å². The summed E-state index contributed by atoms with van der Waals surface area (Å²) in [6.45, 7) is 21.6. The molecule has 2 N–H and O–H groups in total. The summed E-state index contributed by atoms with van der Waals surface area (Å²) in [7, 11) is 0. The number of nitrogens with one attached hydrogen (secondary N) is 2. The van der Waals surface area contributed by atoms with Gasteiger partial charge in [-0.3, -0.25) is 9.97 Å². The fraction of sp³-hybridized carbons (Fsp3) is 0.476. The van der Waals surface area contributed by atoms with Crippen LogP contribution in [0.5, 0.6) is 0 Å². The Hall–Kier alpha value is -4.46. The minimum absolute atomic E-state index is 0.0254. The van der Waals surface area contributed by atoms with Crippen molar-refractivity contribution in [3.8, 4) is 0 Å². The van der Waals surface area contributed by atoms with Gasteiger partial charge in [0.1, 0.15) is 0 Å². The van der Waals surface area contributed by atoms with Gasteiger partial charge in [-0.15, -0.1) is 0 Å². The van der Waals surface area contributed by atoms with Crippen molar-refractivity contribution in [3.05, 3.63) is 79.4 Å². The molecule has 0 saturated carbocycles. The molecule has 0 amide bonds. The van der Waals surface area contributed by atoms with Crippen LogP contribution in [-0.2, 0) is 42.7 Å². The van der Waals surface area contributed by atoms with Crippen molar-refractivity contribution in [1.29, 1.82) is 0 Å². The van der Waals surface area contributed by atoms with Crippen LogP contribution in [0, 0.1) is 13.8 Å². The molecule has 0 radical (unpaired) electrons. The lowest BCUT2D eigenvalue weighted by Gasteiger charge is -2.31. The molecule has 262 valence electrons. The maximum absolute atomic E-state index is 13.8. The monoisotopic (exact) mass is 674 g/mol. The first kappa shape index (κ1) is 34.0. The van der Waals surface area contributed by atoms with Crippen LogP contribution in [0.1, 0.15) is 136 Å². The number of hydrogen-bond donors (Lipinski definition) is 2. The molecule has 3 aromatic rings. The normalized spacial score (nSPS) is 23.2. The molecule has 8 bridgehead atoms. The average molecular weight is 675 g/mol. The van der Waals surface area contributed by atoms with E-state index in [4.69, 9.17) is 19.4 Å². The number of fused-ring (bicyclic) bond motifs is 8. The smallest absolute Gasteiger partial charge is 0.335 e. The van der Waals surface area contributed by atoms with E-state index in [1.807, 2.05) is 26.0 Å². The summed E-state index contributed by atoms with van der Waals surface area (Å²) >= 11 is 0. The van der Waals surface area contributed by atoms with Crippen LogP contribution >= 0.6 is 0 Å². The third kappa shape index (κ3) is 4.35. The third-order valence-electron chi connectivity index (χ3n) is 12.4. The summed E-state index contributed by atoms with van der Waals surface area (Å²) in [5.41, 5.74) is 14.2. The first-order valence-corrected chi connectivity index (χ1v) is 18.5. The van der Waals surface area contributed by atoms with Gasteiger partial charge in [-0.2, -0.15) is 0 Å². The second kappa shape index (κ2) is 12.1. The summed E-state index contributed by atoms with van der Waals surface area (Å²) in [6.07, 6.45) is 7.17. The Balaban J connectivity index is 1.72. The third-order valence-corrected chi connectivity index (χ3v) is 12.4. The molecule has 0 saturated heterocycles. The minimum atomic E-state index is -0.660.